The second-order valence-electron chi connectivity index (χ2n) is 5.84. The second-order valence-corrected chi connectivity index (χ2v) is 5.84. The first-order chi connectivity index (χ1) is 10.3. The van der Waals surface area contributed by atoms with Crippen molar-refractivity contribution in [3.05, 3.63) is 35.2 Å². The van der Waals surface area contributed by atoms with Gasteiger partial charge in [-0.1, -0.05) is 26.0 Å². The Morgan fingerprint density at radius 2 is 2.00 bits per heavy atom. The Kier molecular flexibility index (Phi) is 6.37. The van der Waals surface area contributed by atoms with Crippen LogP contribution in [0.2, 0.25) is 0 Å². The average molecular weight is 289 g/mol. The monoisotopic (exact) mass is 289 g/mol. The molecule has 0 aromatic rings. The van der Waals surface area contributed by atoms with Crippen LogP contribution in [0.4, 0.5) is 0 Å². The molecule has 2 aliphatic carbocycles. The summed E-state index contributed by atoms with van der Waals surface area (Å²) in [5.74, 6) is 0.699. The molecule has 0 saturated heterocycles. The van der Waals surface area contributed by atoms with Gasteiger partial charge in [0.2, 0.25) is 0 Å². The van der Waals surface area contributed by atoms with E-state index in [0.29, 0.717) is 5.92 Å². The fourth-order valence-electron chi connectivity index (χ4n) is 3.34. The van der Waals surface area contributed by atoms with Crippen molar-refractivity contribution >= 4 is 0 Å². The van der Waals surface area contributed by atoms with Crippen molar-refractivity contribution in [3.63, 3.8) is 0 Å². The Hall–Kier alpha value is -1.22. The van der Waals surface area contributed by atoms with Crippen LogP contribution in [-0.4, -0.2) is 37.6 Å². The largest absolute Gasteiger partial charge is 0.385 e. The highest BCUT2D eigenvalue weighted by atomic mass is 15.1. The second kappa shape index (κ2) is 8.28. The lowest BCUT2D eigenvalue weighted by Crippen LogP contribution is -2.34. The molecule has 0 saturated carbocycles. The molecule has 3 heteroatoms. The Labute approximate surface area is 130 Å². The quantitative estimate of drug-likeness (QED) is 0.719. The third-order valence-corrected chi connectivity index (χ3v) is 4.56. The standard InChI is InChI=1S/C18H31N3/c1-4-19-16-11-7-9-15-10-8-12-17(18(15)16)20-13-14-21(5-2)6-3/h7,11-12,15,19-20H,4-6,8-10,13-14H2,1-3H3. The Morgan fingerprint density at radius 3 is 2.71 bits per heavy atom. The highest BCUT2D eigenvalue weighted by molar-refractivity contribution is 5.44. The first kappa shape index (κ1) is 16.2. The van der Waals surface area contributed by atoms with Crippen LogP contribution < -0.4 is 10.6 Å². The summed E-state index contributed by atoms with van der Waals surface area (Å²) in [5.41, 5.74) is 4.22. The molecule has 2 aliphatic rings. The number of fused-ring (bicyclic) bond motifs is 1. The number of nitrogens with zero attached hydrogens (tertiary/aromatic N) is 1. The maximum Gasteiger partial charge on any atom is 0.0393 e. The summed E-state index contributed by atoms with van der Waals surface area (Å²) >= 11 is 0. The summed E-state index contributed by atoms with van der Waals surface area (Å²) in [5, 5.41) is 7.23. The summed E-state index contributed by atoms with van der Waals surface area (Å²) in [6, 6.07) is 0. The summed E-state index contributed by atoms with van der Waals surface area (Å²) in [6.07, 6.45) is 10.7. The molecule has 21 heavy (non-hydrogen) atoms. The zero-order valence-corrected chi connectivity index (χ0v) is 13.9. The van der Waals surface area contributed by atoms with Gasteiger partial charge in [0.25, 0.3) is 0 Å². The normalized spacial score (nSPS) is 21.3. The molecule has 1 atom stereocenters. The van der Waals surface area contributed by atoms with Crippen LogP contribution in [-0.2, 0) is 0 Å². The summed E-state index contributed by atoms with van der Waals surface area (Å²) in [4.78, 5) is 2.47. The van der Waals surface area contributed by atoms with Crippen LogP contribution in [0.5, 0.6) is 0 Å². The molecule has 0 bridgehead atoms. The minimum absolute atomic E-state index is 0.699. The molecule has 0 heterocycles. The SMILES string of the molecule is CCNC1=C2C(NCCN(CC)CC)=CCCC2CC=C1. The zero-order valence-electron chi connectivity index (χ0n) is 13.9. The third-order valence-electron chi connectivity index (χ3n) is 4.56. The lowest BCUT2D eigenvalue weighted by Gasteiger charge is -2.32. The van der Waals surface area contributed by atoms with Crippen LogP contribution >= 0.6 is 0 Å². The molecule has 0 aromatic carbocycles. The Balaban J connectivity index is 2.03. The van der Waals surface area contributed by atoms with Gasteiger partial charge >= 0.3 is 0 Å². The number of rotatable bonds is 8. The molecular weight excluding hydrogens is 258 g/mol. The van der Waals surface area contributed by atoms with Gasteiger partial charge in [-0.15, -0.1) is 0 Å². The predicted molar refractivity (Wildman–Crippen MR) is 91.1 cm³/mol. The highest BCUT2D eigenvalue weighted by Crippen LogP contribution is 2.36. The lowest BCUT2D eigenvalue weighted by atomic mass is 9.80. The predicted octanol–water partition coefficient (Wildman–Crippen LogP) is 3.04. The van der Waals surface area contributed by atoms with Crippen molar-refractivity contribution in [1.82, 2.24) is 15.5 Å². The smallest absolute Gasteiger partial charge is 0.0393 e. The fourth-order valence-corrected chi connectivity index (χ4v) is 3.34. The number of likely N-dealkylation sites (N-methyl/N-ethyl adjacent to an activating group) is 2. The molecule has 0 fully saturated rings. The van der Waals surface area contributed by atoms with E-state index >= 15 is 0 Å². The van der Waals surface area contributed by atoms with Gasteiger partial charge in [0.1, 0.15) is 0 Å². The van der Waals surface area contributed by atoms with E-state index in [9.17, 15) is 0 Å². The van der Waals surface area contributed by atoms with Gasteiger partial charge in [0.15, 0.2) is 0 Å². The molecule has 0 aromatic heterocycles. The molecule has 1 unspecified atom stereocenters. The molecule has 118 valence electrons. The summed E-state index contributed by atoms with van der Waals surface area (Å²) in [6.45, 7) is 12.0. The minimum Gasteiger partial charge on any atom is -0.385 e. The maximum atomic E-state index is 3.70. The van der Waals surface area contributed by atoms with E-state index in [2.05, 4.69) is 54.5 Å². The van der Waals surface area contributed by atoms with E-state index in [0.717, 1.165) is 32.7 Å². The van der Waals surface area contributed by atoms with Crippen molar-refractivity contribution in [2.24, 2.45) is 5.92 Å². The van der Waals surface area contributed by atoms with Crippen LogP contribution in [0.3, 0.4) is 0 Å². The van der Waals surface area contributed by atoms with Gasteiger partial charge in [0.05, 0.1) is 0 Å². The number of allylic oxidation sites excluding steroid dienone is 4. The first-order valence-electron chi connectivity index (χ1n) is 8.61. The van der Waals surface area contributed by atoms with Gasteiger partial charge in [0, 0.05) is 36.6 Å². The Morgan fingerprint density at radius 1 is 1.19 bits per heavy atom. The first-order valence-corrected chi connectivity index (χ1v) is 8.61. The molecule has 0 aliphatic heterocycles. The highest BCUT2D eigenvalue weighted by Gasteiger charge is 2.25. The molecule has 0 spiro atoms. The zero-order chi connectivity index (χ0) is 15.1. The van der Waals surface area contributed by atoms with Crippen LogP contribution in [0, 0.1) is 5.92 Å². The van der Waals surface area contributed by atoms with Gasteiger partial charge in [-0.3, -0.25) is 0 Å². The molecule has 2 rings (SSSR count). The average Bonchev–Trinajstić information content (AvgIpc) is 2.52. The van der Waals surface area contributed by atoms with Crippen LogP contribution in [0.1, 0.15) is 40.0 Å². The molecule has 3 nitrogen and oxygen atoms in total. The van der Waals surface area contributed by atoms with Crippen molar-refractivity contribution in [3.8, 4) is 0 Å². The van der Waals surface area contributed by atoms with E-state index in [4.69, 9.17) is 0 Å². The van der Waals surface area contributed by atoms with Gasteiger partial charge in [-0.05, 0) is 51.3 Å². The van der Waals surface area contributed by atoms with Crippen molar-refractivity contribution < 1.29 is 0 Å². The van der Waals surface area contributed by atoms with Crippen molar-refractivity contribution in [2.45, 2.75) is 40.0 Å². The summed E-state index contributed by atoms with van der Waals surface area (Å²) < 4.78 is 0. The maximum absolute atomic E-state index is 3.70. The number of hydrogen-bond donors (Lipinski definition) is 2. The number of nitrogens with one attached hydrogen (secondary N) is 2. The van der Waals surface area contributed by atoms with Gasteiger partial charge in [-0.25, -0.2) is 0 Å². The number of hydrogen-bond acceptors (Lipinski definition) is 3. The third kappa shape index (κ3) is 4.13. The minimum atomic E-state index is 0.699. The van der Waals surface area contributed by atoms with Gasteiger partial charge < -0.3 is 15.5 Å². The van der Waals surface area contributed by atoms with Crippen LogP contribution in [0.15, 0.2) is 35.2 Å². The molecular formula is C18H31N3. The van der Waals surface area contributed by atoms with E-state index in [1.165, 1.54) is 36.2 Å². The fraction of sp³-hybridized carbons (Fsp3) is 0.667. The van der Waals surface area contributed by atoms with Crippen molar-refractivity contribution in [2.75, 3.05) is 32.7 Å². The summed E-state index contributed by atoms with van der Waals surface area (Å²) in [7, 11) is 0. The van der Waals surface area contributed by atoms with Crippen LogP contribution in [0.25, 0.3) is 0 Å². The topological polar surface area (TPSA) is 27.3 Å². The van der Waals surface area contributed by atoms with Gasteiger partial charge in [-0.2, -0.15) is 0 Å². The van der Waals surface area contributed by atoms with Crippen molar-refractivity contribution in [1.29, 1.82) is 0 Å². The van der Waals surface area contributed by atoms with E-state index in [-0.39, 0.29) is 0 Å². The molecule has 0 amide bonds. The Bertz CT molecular complexity index is 416. The van der Waals surface area contributed by atoms with E-state index < -0.39 is 0 Å². The van der Waals surface area contributed by atoms with E-state index in [1.54, 1.807) is 0 Å². The lowest BCUT2D eigenvalue weighted by molar-refractivity contribution is 0.305. The molecule has 0 radical (unpaired) electrons. The van der Waals surface area contributed by atoms with E-state index in [1.807, 2.05) is 0 Å². The molecule has 2 N–H and O–H groups in total.